The topological polar surface area (TPSA) is 110 Å². The Morgan fingerprint density at radius 2 is 2.05 bits per heavy atom. The fraction of sp³-hybridized carbons (Fsp3) is 0.417. The van der Waals surface area contributed by atoms with E-state index < -0.39 is 22.1 Å². The largest absolute Gasteiger partial charge is 0.494 e. The number of aromatic carboxylic acids is 1. The average Bonchev–Trinajstić information content (AvgIpc) is 2.38. The molecule has 2 N–H and O–H groups in total. The number of nitro benzene ring substituents is 1. The molecule has 0 radical (unpaired) electrons. The van der Waals surface area contributed by atoms with E-state index in [2.05, 4.69) is 0 Å². The van der Waals surface area contributed by atoms with Crippen LogP contribution in [0.1, 0.15) is 29.6 Å². The number of hydrogen-bond donors (Lipinski definition) is 2. The van der Waals surface area contributed by atoms with Crippen molar-refractivity contribution in [3.63, 3.8) is 0 Å². The van der Waals surface area contributed by atoms with E-state index in [4.69, 9.17) is 14.9 Å². The molecule has 0 saturated heterocycles. The van der Waals surface area contributed by atoms with Crippen molar-refractivity contribution in [1.29, 1.82) is 0 Å². The maximum absolute atomic E-state index is 10.9. The van der Waals surface area contributed by atoms with Gasteiger partial charge < -0.3 is 14.9 Å². The van der Waals surface area contributed by atoms with Crippen molar-refractivity contribution >= 4 is 11.7 Å². The van der Waals surface area contributed by atoms with Gasteiger partial charge >= 0.3 is 5.97 Å². The zero-order valence-corrected chi connectivity index (χ0v) is 10.2. The molecular formula is C12H15NO6. The number of aliphatic hydroxyl groups excluding tert-OH is 1. The van der Waals surface area contributed by atoms with Gasteiger partial charge in [0.2, 0.25) is 0 Å². The molecule has 0 bridgehead atoms. The fourth-order valence-corrected chi connectivity index (χ4v) is 1.52. The molecule has 1 rings (SSSR count). The van der Waals surface area contributed by atoms with Crippen LogP contribution in [0.5, 0.6) is 5.75 Å². The standard InChI is InChI=1S/C12H15NO6/c14-6-2-1-3-7-19-9-4-5-11(13(17)18)10(8-9)12(15)16/h4-5,8,14H,1-3,6-7H2,(H,15,16). The monoisotopic (exact) mass is 269 g/mol. The third kappa shape index (κ3) is 4.55. The summed E-state index contributed by atoms with van der Waals surface area (Å²) in [7, 11) is 0. The van der Waals surface area contributed by atoms with Crippen LogP contribution in [0, 0.1) is 10.1 Å². The number of ether oxygens (including phenoxy) is 1. The molecular weight excluding hydrogens is 254 g/mol. The summed E-state index contributed by atoms with van der Waals surface area (Å²) in [5.74, 6) is -1.08. The second-order valence-corrected chi connectivity index (χ2v) is 3.87. The molecule has 0 amide bonds. The lowest BCUT2D eigenvalue weighted by Crippen LogP contribution is -2.04. The highest BCUT2D eigenvalue weighted by molar-refractivity contribution is 5.92. The Bertz CT molecular complexity index is 460. The highest BCUT2D eigenvalue weighted by Crippen LogP contribution is 2.24. The molecule has 0 atom stereocenters. The summed E-state index contributed by atoms with van der Waals surface area (Å²) in [5, 5.41) is 28.1. The average molecular weight is 269 g/mol. The minimum Gasteiger partial charge on any atom is -0.494 e. The van der Waals surface area contributed by atoms with E-state index in [-0.39, 0.29) is 12.4 Å². The molecule has 1 aromatic rings. The first-order valence-electron chi connectivity index (χ1n) is 5.81. The van der Waals surface area contributed by atoms with Crippen molar-refractivity contribution in [1.82, 2.24) is 0 Å². The zero-order chi connectivity index (χ0) is 14.3. The molecule has 104 valence electrons. The van der Waals surface area contributed by atoms with Crippen molar-refractivity contribution in [2.45, 2.75) is 19.3 Å². The van der Waals surface area contributed by atoms with E-state index in [1.54, 1.807) is 0 Å². The minimum absolute atomic E-state index is 0.126. The lowest BCUT2D eigenvalue weighted by molar-refractivity contribution is -0.385. The number of unbranched alkanes of at least 4 members (excludes halogenated alkanes) is 2. The van der Waals surface area contributed by atoms with Gasteiger partial charge in [0.25, 0.3) is 5.69 Å². The Labute approximate surface area is 109 Å². The molecule has 1 aromatic carbocycles. The Kier molecular flexibility index (Phi) is 5.74. The molecule has 7 nitrogen and oxygen atoms in total. The van der Waals surface area contributed by atoms with Gasteiger partial charge in [-0.1, -0.05) is 0 Å². The molecule has 0 aliphatic carbocycles. The van der Waals surface area contributed by atoms with Crippen molar-refractivity contribution in [2.24, 2.45) is 0 Å². The number of hydrogen-bond acceptors (Lipinski definition) is 5. The second-order valence-electron chi connectivity index (χ2n) is 3.87. The predicted molar refractivity (Wildman–Crippen MR) is 66.5 cm³/mol. The highest BCUT2D eigenvalue weighted by Gasteiger charge is 2.20. The summed E-state index contributed by atoms with van der Waals surface area (Å²) in [6, 6.07) is 3.63. The highest BCUT2D eigenvalue weighted by atomic mass is 16.6. The Balaban J connectivity index is 2.68. The molecule has 19 heavy (non-hydrogen) atoms. The second kappa shape index (κ2) is 7.32. The summed E-state index contributed by atoms with van der Waals surface area (Å²) >= 11 is 0. The number of carboxylic acid groups (broad SMARTS) is 1. The Morgan fingerprint density at radius 1 is 1.32 bits per heavy atom. The first kappa shape index (κ1) is 14.9. The number of rotatable bonds is 8. The first-order valence-corrected chi connectivity index (χ1v) is 5.81. The van der Waals surface area contributed by atoms with Crippen LogP contribution in [-0.2, 0) is 0 Å². The lowest BCUT2D eigenvalue weighted by Gasteiger charge is -2.06. The van der Waals surface area contributed by atoms with Crippen molar-refractivity contribution in [3.8, 4) is 5.75 Å². The minimum atomic E-state index is -1.36. The van der Waals surface area contributed by atoms with Crippen LogP contribution in [0.15, 0.2) is 18.2 Å². The third-order valence-corrected chi connectivity index (χ3v) is 2.47. The van der Waals surface area contributed by atoms with Crippen LogP contribution in [0.25, 0.3) is 0 Å². The third-order valence-electron chi connectivity index (χ3n) is 2.47. The molecule has 7 heteroatoms. The van der Waals surface area contributed by atoms with Gasteiger partial charge in [-0.25, -0.2) is 4.79 Å². The van der Waals surface area contributed by atoms with Gasteiger partial charge in [0.15, 0.2) is 0 Å². The first-order chi connectivity index (χ1) is 9.06. The van der Waals surface area contributed by atoms with E-state index in [0.717, 1.165) is 25.0 Å². The van der Waals surface area contributed by atoms with Crippen LogP contribution in [0.3, 0.4) is 0 Å². The lowest BCUT2D eigenvalue weighted by atomic mass is 10.1. The van der Waals surface area contributed by atoms with Gasteiger partial charge in [-0.3, -0.25) is 10.1 Å². The van der Waals surface area contributed by atoms with Crippen molar-refractivity contribution in [2.75, 3.05) is 13.2 Å². The summed E-state index contributed by atoms with van der Waals surface area (Å²) in [6.07, 6.45) is 2.21. The number of aliphatic hydroxyl groups is 1. The predicted octanol–water partition coefficient (Wildman–Crippen LogP) is 1.83. The van der Waals surface area contributed by atoms with Gasteiger partial charge in [-0.15, -0.1) is 0 Å². The Hall–Kier alpha value is -2.15. The molecule has 0 aromatic heterocycles. The van der Waals surface area contributed by atoms with Gasteiger partial charge in [0.1, 0.15) is 11.3 Å². The van der Waals surface area contributed by atoms with E-state index in [0.29, 0.717) is 13.0 Å². The number of benzene rings is 1. The smallest absolute Gasteiger partial charge is 0.342 e. The number of nitro groups is 1. The maximum atomic E-state index is 10.9. The molecule has 0 saturated carbocycles. The fourth-order valence-electron chi connectivity index (χ4n) is 1.52. The quantitative estimate of drug-likeness (QED) is 0.423. The summed E-state index contributed by atoms with van der Waals surface area (Å²) in [5.41, 5.74) is -0.849. The van der Waals surface area contributed by atoms with Crippen molar-refractivity contribution < 1.29 is 24.7 Å². The molecule has 0 aliphatic heterocycles. The normalized spacial score (nSPS) is 10.2. The van der Waals surface area contributed by atoms with E-state index in [9.17, 15) is 14.9 Å². The van der Waals surface area contributed by atoms with E-state index in [1.165, 1.54) is 6.07 Å². The molecule has 0 heterocycles. The van der Waals surface area contributed by atoms with E-state index >= 15 is 0 Å². The number of nitrogens with zero attached hydrogens (tertiary/aromatic N) is 1. The SMILES string of the molecule is O=C(O)c1cc(OCCCCCO)ccc1[N+](=O)[O-]. The molecule has 0 fully saturated rings. The summed E-state index contributed by atoms with van der Waals surface area (Å²) in [4.78, 5) is 20.8. The molecule has 0 aliphatic rings. The summed E-state index contributed by atoms with van der Waals surface area (Å²) in [6.45, 7) is 0.498. The van der Waals surface area contributed by atoms with Crippen LogP contribution in [-0.4, -0.2) is 34.3 Å². The maximum Gasteiger partial charge on any atom is 0.342 e. The van der Waals surface area contributed by atoms with Gasteiger partial charge in [0, 0.05) is 18.7 Å². The van der Waals surface area contributed by atoms with Gasteiger partial charge in [-0.05, 0) is 25.3 Å². The number of carbonyl (C=O) groups is 1. The van der Waals surface area contributed by atoms with Gasteiger partial charge in [0.05, 0.1) is 11.5 Å². The van der Waals surface area contributed by atoms with Crippen molar-refractivity contribution in [3.05, 3.63) is 33.9 Å². The van der Waals surface area contributed by atoms with Gasteiger partial charge in [-0.2, -0.15) is 0 Å². The van der Waals surface area contributed by atoms with Crippen LogP contribution >= 0.6 is 0 Å². The Morgan fingerprint density at radius 3 is 2.63 bits per heavy atom. The molecule has 0 unspecified atom stereocenters. The van der Waals surface area contributed by atoms with Crippen LogP contribution < -0.4 is 4.74 Å². The number of carboxylic acids is 1. The van der Waals surface area contributed by atoms with E-state index in [1.807, 2.05) is 0 Å². The summed E-state index contributed by atoms with van der Waals surface area (Å²) < 4.78 is 5.31. The molecule has 0 spiro atoms. The van der Waals surface area contributed by atoms with Crippen LogP contribution in [0.2, 0.25) is 0 Å². The zero-order valence-electron chi connectivity index (χ0n) is 10.2. The van der Waals surface area contributed by atoms with Crippen LogP contribution in [0.4, 0.5) is 5.69 Å².